The Bertz CT molecular complexity index is 208. The van der Waals surface area contributed by atoms with Crippen molar-refractivity contribution in [3.8, 4) is 0 Å². The Balaban J connectivity index is 2.36. The summed E-state index contributed by atoms with van der Waals surface area (Å²) in [7, 11) is 5.54. The fourth-order valence-electron chi connectivity index (χ4n) is 1.93. The van der Waals surface area contributed by atoms with Gasteiger partial charge in [0.25, 0.3) is 0 Å². The largest absolute Gasteiger partial charge is 0.393 e. The molecule has 2 aliphatic rings. The number of hydrogen-bond donors (Lipinski definition) is 2. The molecule has 1 unspecified atom stereocenters. The van der Waals surface area contributed by atoms with E-state index in [9.17, 15) is 5.11 Å². The predicted molar refractivity (Wildman–Crippen MR) is 40.8 cm³/mol. The standard InChI is InChI=1S/C7H11BO4/c1-6(10)4-5(8)12-7(6,2-9)3-11-4/h4-5,9-10H,2-3H2,1H3/t4-,5-,6?,7-/m1/s1. The van der Waals surface area contributed by atoms with E-state index in [0.717, 1.165) is 0 Å². The van der Waals surface area contributed by atoms with E-state index < -0.39 is 23.3 Å². The zero-order chi connectivity index (χ0) is 8.98. The third kappa shape index (κ3) is 0.725. The molecule has 0 aliphatic carbocycles. The van der Waals surface area contributed by atoms with Gasteiger partial charge in [-0.1, -0.05) is 0 Å². The average molecular weight is 170 g/mol. The molecule has 2 fully saturated rings. The normalized spacial score (nSPS) is 57.9. The lowest BCUT2D eigenvalue weighted by atomic mass is 9.82. The van der Waals surface area contributed by atoms with E-state index in [0.29, 0.717) is 0 Å². The maximum Gasteiger partial charge on any atom is 0.145 e. The van der Waals surface area contributed by atoms with Gasteiger partial charge in [-0.25, -0.2) is 0 Å². The number of fused-ring (bicyclic) bond motifs is 2. The molecule has 0 saturated carbocycles. The minimum Gasteiger partial charge on any atom is -0.393 e. The van der Waals surface area contributed by atoms with Gasteiger partial charge < -0.3 is 19.7 Å². The summed E-state index contributed by atoms with van der Waals surface area (Å²) in [4.78, 5) is 0. The molecule has 0 aromatic rings. The molecule has 0 spiro atoms. The van der Waals surface area contributed by atoms with Gasteiger partial charge in [-0.15, -0.1) is 0 Å². The van der Waals surface area contributed by atoms with Crippen LogP contribution in [0.4, 0.5) is 0 Å². The van der Waals surface area contributed by atoms with Crippen molar-refractivity contribution in [1.29, 1.82) is 0 Å². The topological polar surface area (TPSA) is 58.9 Å². The van der Waals surface area contributed by atoms with Crippen LogP contribution < -0.4 is 0 Å². The molecule has 2 aliphatic heterocycles. The minimum atomic E-state index is -1.18. The van der Waals surface area contributed by atoms with E-state index in [4.69, 9.17) is 22.4 Å². The van der Waals surface area contributed by atoms with Crippen LogP contribution in [0.15, 0.2) is 0 Å². The quantitative estimate of drug-likeness (QED) is 0.465. The van der Waals surface area contributed by atoms with Crippen molar-refractivity contribution < 1.29 is 19.7 Å². The summed E-state index contributed by atoms with van der Waals surface area (Å²) in [5.41, 5.74) is -2.20. The molecule has 0 aromatic carbocycles. The second-order valence-electron chi connectivity index (χ2n) is 3.61. The zero-order valence-corrected chi connectivity index (χ0v) is 6.86. The minimum absolute atomic E-state index is 0.203. The van der Waals surface area contributed by atoms with Gasteiger partial charge in [0.05, 0.1) is 13.2 Å². The molecule has 66 valence electrons. The smallest absolute Gasteiger partial charge is 0.145 e. The summed E-state index contributed by atoms with van der Waals surface area (Å²) in [6.45, 7) is 1.51. The van der Waals surface area contributed by atoms with Gasteiger partial charge in [-0.05, 0) is 6.92 Å². The van der Waals surface area contributed by atoms with Gasteiger partial charge in [0.1, 0.15) is 25.2 Å². The molecular weight excluding hydrogens is 159 g/mol. The SMILES string of the molecule is [B][C@@H]1O[C@]2(CO)CO[C@H]1C2(C)O. The van der Waals surface area contributed by atoms with Gasteiger partial charge in [0, 0.05) is 6.00 Å². The van der Waals surface area contributed by atoms with Crippen LogP contribution in [0, 0.1) is 0 Å². The van der Waals surface area contributed by atoms with Crippen molar-refractivity contribution in [3.05, 3.63) is 0 Å². The Morgan fingerprint density at radius 2 is 2.33 bits per heavy atom. The molecule has 4 nitrogen and oxygen atoms in total. The van der Waals surface area contributed by atoms with Gasteiger partial charge in [0.2, 0.25) is 0 Å². The van der Waals surface area contributed by atoms with Crippen LogP contribution in [0.2, 0.25) is 0 Å². The molecule has 2 saturated heterocycles. The van der Waals surface area contributed by atoms with Crippen LogP contribution in [0.25, 0.3) is 0 Å². The number of ether oxygens (including phenoxy) is 2. The molecular formula is C7H11BO4. The van der Waals surface area contributed by atoms with Crippen molar-refractivity contribution in [3.63, 3.8) is 0 Å². The van der Waals surface area contributed by atoms with Gasteiger partial charge in [-0.2, -0.15) is 0 Å². The monoisotopic (exact) mass is 170 g/mol. The summed E-state index contributed by atoms with van der Waals surface area (Å²) >= 11 is 0. The summed E-state index contributed by atoms with van der Waals surface area (Å²) in [5, 5.41) is 19.0. The highest BCUT2D eigenvalue weighted by atomic mass is 16.6. The Morgan fingerprint density at radius 1 is 1.67 bits per heavy atom. The highest BCUT2D eigenvalue weighted by Gasteiger charge is 2.66. The molecule has 2 radical (unpaired) electrons. The van der Waals surface area contributed by atoms with Crippen LogP contribution in [0.5, 0.6) is 0 Å². The maximum absolute atomic E-state index is 9.92. The lowest BCUT2D eigenvalue weighted by Gasteiger charge is -2.31. The van der Waals surface area contributed by atoms with E-state index in [1.165, 1.54) is 0 Å². The van der Waals surface area contributed by atoms with Crippen molar-refractivity contribution in [2.75, 3.05) is 13.2 Å². The first-order chi connectivity index (χ1) is 5.53. The second-order valence-corrected chi connectivity index (χ2v) is 3.61. The highest BCUT2D eigenvalue weighted by molar-refractivity contribution is 6.12. The zero-order valence-electron chi connectivity index (χ0n) is 6.86. The van der Waals surface area contributed by atoms with Crippen molar-refractivity contribution in [2.24, 2.45) is 0 Å². The van der Waals surface area contributed by atoms with Crippen molar-refractivity contribution in [2.45, 2.75) is 30.2 Å². The van der Waals surface area contributed by atoms with Crippen LogP contribution in [0.3, 0.4) is 0 Å². The van der Waals surface area contributed by atoms with Crippen molar-refractivity contribution in [1.82, 2.24) is 0 Å². The van der Waals surface area contributed by atoms with Crippen molar-refractivity contribution >= 4 is 7.85 Å². The molecule has 2 heterocycles. The number of hydrogen-bond acceptors (Lipinski definition) is 4. The van der Waals surface area contributed by atoms with Crippen LogP contribution in [0.1, 0.15) is 6.92 Å². The summed E-state index contributed by atoms with van der Waals surface area (Å²) < 4.78 is 10.5. The first-order valence-corrected chi connectivity index (χ1v) is 3.92. The maximum atomic E-state index is 9.92. The highest BCUT2D eigenvalue weighted by Crippen LogP contribution is 2.46. The van der Waals surface area contributed by atoms with E-state index in [-0.39, 0.29) is 13.2 Å². The molecule has 2 N–H and O–H groups in total. The Hall–Kier alpha value is -0.0951. The molecule has 0 amide bonds. The van der Waals surface area contributed by atoms with E-state index >= 15 is 0 Å². The summed E-state index contributed by atoms with van der Waals surface area (Å²) in [5.74, 6) is 0. The molecule has 4 atom stereocenters. The second kappa shape index (κ2) is 2.23. The van der Waals surface area contributed by atoms with Gasteiger partial charge in [-0.3, -0.25) is 0 Å². The number of aliphatic hydroxyl groups excluding tert-OH is 1. The summed E-state index contributed by atoms with van der Waals surface area (Å²) in [6, 6.07) is -0.638. The van der Waals surface area contributed by atoms with Crippen LogP contribution >= 0.6 is 0 Å². The lowest BCUT2D eigenvalue weighted by Crippen LogP contribution is -2.52. The van der Waals surface area contributed by atoms with E-state index in [2.05, 4.69) is 0 Å². The number of rotatable bonds is 1. The summed E-state index contributed by atoms with van der Waals surface area (Å²) in [6.07, 6.45) is -0.523. The molecule has 5 heteroatoms. The van der Waals surface area contributed by atoms with E-state index in [1.807, 2.05) is 0 Å². The molecule has 0 aromatic heterocycles. The average Bonchev–Trinajstić information content (AvgIpc) is 2.35. The third-order valence-corrected chi connectivity index (χ3v) is 2.89. The first kappa shape index (κ1) is 8.50. The molecule has 2 rings (SSSR count). The van der Waals surface area contributed by atoms with Crippen LogP contribution in [-0.4, -0.2) is 54.6 Å². The molecule has 12 heavy (non-hydrogen) atoms. The predicted octanol–water partition coefficient (Wildman–Crippen LogP) is -1.61. The Labute approximate surface area is 71.9 Å². The lowest BCUT2D eigenvalue weighted by molar-refractivity contribution is -0.148. The van der Waals surface area contributed by atoms with E-state index in [1.54, 1.807) is 6.92 Å². The Kier molecular flexibility index (Phi) is 1.58. The van der Waals surface area contributed by atoms with Crippen LogP contribution in [-0.2, 0) is 9.47 Å². The Morgan fingerprint density at radius 3 is 2.58 bits per heavy atom. The fourth-order valence-corrected chi connectivity index (χ4v) is 1.93. The van der Waals surface area contributed by atoms with Gasteiger partial charge >= 0.3 is 0 Å². The first-order valence-electron chi connectivity index (χ1n) is 3.92. The fraction of sp³-hybridized carbons (Fsp3) is 1.00. The van der Waals surface area contributed by atoms with Gasteiger partial charge in [0.15, 0.2) is 0 Å². The molecule has 2 bridgehead atoms. The number of aliphatic hydroxyl groups is 2. The third-order valence-electron chi connectivity index (χ3n) is 2.89.